The first-order valence-electron chi connectivity index (χ1n) is 4.50. The number of hydrogen-bond donors (Lipinski definition) is 0. The molecule has 0 spiro atoms. The van der Waals surface area contributed by atoms with Crippen molar-refractivity contribution in [1.82, 2.24) is 4.90 Å². The monoisotopic (exact) mass is 216 g/mol. The molecule has 0 aromatic rings. The van der Waals surface area contributed by atoms with E-state index < -0.39 is 10.1 Å². The molecular formula is C9H14NO3S-. The molecule has 0 atom stereocenters. The van der Waals surface area contributed by atoms with E-state index in [2.05, 4.69) is 6.08 Å². The van der Waals surface area contributed by atoms with Crippen LogP contribution in [0.2, 0.25) is 0 Å². The third-order valence-corrected chi connectivity index (χ3v) is 2.82. The van der Waals surface area contributed by atoms with E-state index in [9.17, 15) is 13.0 Å². The molecule has 0 aromatic heterocycles. The Labute approximate surface area is 84.7 Å². The quantitative estimate of drug-likeness (QED) is 0.649. The molecule has 80 valence electrons. The molecule has 1 aliphatic heterocycles. The van der Waals surface area contributed by atoms with Gasteiger partial charge in [-0.3, -0.25) is 0 Å². The number of hydrogen-bond acceptors (Lipinski definition) is 4. The van der Waals surface area contributed by atoms with Crippen LogP contribution in [0.25, 0.3) is 0 Å². The fraction of sp³-hybridized carbons (Fsp3) is 0.556. The summed E-state index contributed by atoms with van der Waals surface area (Å²) in [6.45, 7) is 3.42. The molecule has 1 rings (SSSR count). The van der Waals surface area contributed by atoms with Gasteiger partial charge in [0.1, 0.15) is 0 Å². The molecule has 0 N–H and O–H groups in total. The lowest BCUT2D eigenvalue weighted by Crippen LogP contribution is -2.22. The zero-order valence-corrected chi connectivity index (χ0v) is 8.96. The lowest BCUT2D eigenvalue weighted by Gasteiger charge is -2.21. The average molecular weight is 216 g/mol. The maximum absolute atomic E-state index is 10.3. The number of rotatable bonds is 4. The molecule has 0 saturated carbocycles. The highest BCUT2D eigenvalue weighted by Gasteiger charge is 2.02. The van der Waals surface area contributed by atoms with E-state index in [0.717, 1.165) is 6.54 Å². The Bertz CT molecular complexity index is 343. The summed E-state index contributed by atoms with van der Waals surface area (Å²) < 4.78 is 31.0. The summed E-state index contributed by atoms with van der Waals surface area (Å²) in [5.74, 6) is -0.278. The van der Waals surface area contributed by atoms with Crippen molar-refractivity contribution in [2.75, 3.05) is 18.8 Å². The third-order valence-electron chi connectivity index (χ3n) is 2.04. The van der Waals surface area contributed by atoms with Gasteiger partial charge in [0.05, 0.1) is 10.1 Å². The van der Waals surface area contributed by atoms with Crippen LogP contribution in [0.5, 0.6) is 0 Å². The van der Waals surface area contributed by atoms with E-state index in [-0.39, 0.29) is 5.75 Å². The van der Waals surface area contributed by atoms with Crippen molar-refractivity contribution in [1.29, 1.82) is 0 Å². The van der Waals surface area contributed by atoms with Crippen LogP contribution in [0.1, 0.15) is 13.3 Å². The molecule has 5 heteroatoms. The van der Waals surface area contributed by atoms with Crippen LogP contribution >= 0.6 is 0 Å². The molecule has 0 saturated heterocycles. The zero-order valence-electron chi connectivity index (χ0n) is 8.14. The molecule has 0 unspecified atom stereocenters. The van der Waals surface area contributed by atoms with Crippen LogP contribution in [-0.2, 0) is 10.1 Å². The van der Waals surface area contributed by atoms with Gasteiger partial charge in [-0.2, -0.15) is 0 Å². The highest BCUT2D eigenvalue weighted by atomic mass is 32.2. The highest BCUT2D eigenvalue weighted by Crippen LogP contribution is 2.06. The number of allylic oxidation sites excluding steroid dienone is 2. The van der Waals surface area contributed by atoms with Crippen molar-refractivity contribution in [2.45, 2.75) is 13.3 Å². The molecule has 0 fully saturated rings. The summed E-state index contributed by atoms with van der Waals surface area (Å²) in [5.41, 5.74) is 1.21. The largest absolute Gasteiger partial charge is 0.748 e. The summed E-state index contributed by atoms with van der Waals surface area (Å²) in [6.07, 6.45) is 6.34. The molecular weight excluding hydrogens is 202 g/mol. The predicted octanol–water partition coefficient (Wildman–Crippen LogP) is 0.697. The first-order valence-corrected chi connectivity index (χ1v) is 6.08. The van der Waals surface area contributed by atoms with E-state index in [0.29, 0.717) is 13.0 Å². The highest BCUT2D eigenvalue weighted by molar-refractivity contribution is 7.85. The molecule has 0 amide bonds. The van der Waals surface area contributed by atoms with Crippen molar-refractivity contribution in [3.63, 3.8) is 0 Å². The van der Waals surface area contributed by atoms with Gasteiger partial charge in [0.2, 0.25) is 0 Å². The smallest absolute Gasteiger partial charge is 0.0946 e. The second-order valence-corrected chi connectivity index (χ2v) is 4.90. The van der Waals surface area contributed by atoms with Crippen LogP contribution in [-0.4, -0.2) is 36.7 Å². The van der Waals surface area contributed by atoms with Gasteiger partial charge in [0.25, 0.3) is 0 Å². The molecule has 0 aliphatic carbocycles. The van der Waals surface area contributed by atoms with Gasteiger partial charge in [-0.05, 0) is 25.6 Å². The summed E-state index contributed by atoms with van der Waals surface area (Å²) in [5, 5.41) is 0. The van der Waals surface area contributed by atoms with Gasteiger partial charge in [0.15, 0.2) is 0 Å². The van der Waals surface area contributed by atoms with E-state index >= 15 is 0 Å². The predicted molar refractivity (Wildman–Crippen MR) is 53.7 cm³/mol. The maximum Gasteiger partial charge on any atom is 0.0946 e. The Morgan fingerprint density at radius 3 is 2.79 bits per heavy atom. The lowest BCUT2D eigenvalue weighted by molar-refractivity contribution is 0.402. The van der Waals surface area contributed by atoms with E-state index in [1.807, 2.05) is 24.1 Å². The SMILES string of the molecule is CC1=CCN(CCCS(=O)(=O)[O-])C=C1. The Hall–Kier alpha value is -0.810. The van der Waals surface area contributed by atoms with Crippen molar-refractivity contribution in [3.05, 3.63) is 23.9 Å². The van der Waals surface area contributed by atoms with Crippen molar-refractivity contribution < 1.29 is 13.0 Å². The molecule has 0 bridgehead atoms. The van der Waals surface area contributed by atoms with Crippen LogP contribution in [0.15, 0.2) is 23.9 Å². The summed E-state index contributed by atoms with van der Waals surface area (Å²) in [6, 6.07) is 0. The second-order valence-electron chi connectivity index (χ2n) is 3.37. The first-order chi connectivity index (χ1) is 6.47. The first kappa shape index (κ1) is 11.3. The Kier molecular flexibility index (Phi) is 3.71. The van der Waals surface area contributed by atoms with Gasteiger partial charge in [-0.25, -0.2) is 8.42 Å². The van der Waals surface area contributed by atoms with Crippen LogP contribution in [0, 0.1) is 0 Å². The van der Waals surface area contributed by atoms with E-state index in [1.54, 1.807) is 0 Å². The van der Waals surface area contributed by atoms with Crippen molar-refractivity contribution in [2.24, 2.45) is 0 Å². The standard InChI is InChI=1S/C9H15NO3S/c1-9-3-6-10(7-4-9)5-2-8-14(11,12)13/h3-4,6H,2,5,7-8H2,1H3,(H,11,12,13)/p-1. The summed E-state index contributed by atoms with van der Waals surface area (Å²) in [7, 11) is -4.05. The average Bonchev–Trinajstić information content (AvgIpc) is 2.06. The van der Waals surface area contributed by atoms with Crippen LogP contribution in [0.4, 0.5) is 0 Å². The second kappa shape index (κ2) is 4.61. The lowest BCUT2D eigenvalue weighted by atomic mass is 10.2. The number of nitrogens with zero attached hydrogens (tertiary/aromatic N) is 1. The van der Waals surface area contributed by atoms with Crippen molar-refractivity contribution in [3.8, 4) is 0 Å². The van der Waals surface area contributed by atoms with Gasteiger partial charge < -0.3 is 9.45 Å². The Morgan fingerprint density at radius 2 is 2.29 bits per heavy atom. The molecule has 14 heavy (non-hydrogen) atoms. The Balaban J connectivity index is 2.25. The van der Waals surface area contributed by atoms with Gasteiger partial charge in [-0.15, -0.1) is 0 Å². The van der Waals surface area contributed by atoms with E-state index in [4.69, 9.17) is 0 Å². The normalized spacial score (nSPS) is 17.0. The minimum atomic E-state index is -4.05. The van der Waals surface area contributed by atoms with Gasteiger partial charge >= 0.3 is 0 Å². The maximum atomic E-state index is 10.3. The fourth-order valence-electron chi connectivity index (χ4n) is 1.22. The van der Waals surface area contributed by atoms with Crippen molar-refractivity contribution >= 4 is 10.1 Å². The molecule has 1 aliphatic rings. The Morgan fingerprint density at radius 1 is 1.57 bits per heavy atom. The van der Waals surface area contributed by atoms with Crippen LogP contribution in [0.3, 0.4) is 0 Å². The fourth-order valence-corrected chi connectivity index (χ4v) is 1.71. The molecule has 0 aromatic carbocycles. The molecule has 0 radical (unpaired) electrons. The minimum absolute atomic E-state index is 0.278. The van der Waals surface area contributed by atoms with Crippen LogP contribution < -0.4 is 0 Å². The van der Waals surface area contributed by atoms with E-state index in [1.165, 1.54) is 5.57 Å². The minimum Gasteiger partial charge on any atom is -0.748 e. The van der Waals surface area contributed by atoms with Gasteiger partial charge in [0, 0.05) is 18.8 Å². The molecule has 4 nitrogen and oxygen atoms in total. The molecule has 1 heterocycles. The zero-order chi connectivity index (χ0) is 10.6. The summed E-state index contributed by atoms with van der Waals surface area (Å²) >= 11 is 0. The third kappa shape index (κ3) is 4.43. The summed E-state index contributed by atoms with van der Waals surface area (Å²) in [4.78, 5) is 1.98. The topological polar surface area (TPSA) is 60.4 Å². The van der Waals surface area contributed by atoms with Gasteiger partial charge in [-0.1, -0.05) is 11.6 Å².